The first-order chi connectivity index (χ1) is 13.2. The van der Waals surface area contributed by atoms with Gasteiger partial charge in [-0.15, -0.1) is 0 Å². The number of hydrogen-bond acceptors (Lipinski definition) is 1. The van der Waals surface area contributed by atoms with Gasteiger partial charge in [-0.1, -0.05) is 43.2 Å². The Morgan fingerprint density at radius 2 is 1.44 bits per heavy atom. The summed E-state index contributed by atoms with van der Waals surface area (Å²) in [7, 11) is 0. The zero-order valence-electron chi connectivity index (χ0n) is 16.3. The van der Waals surface area contributed by atoms with Crippen LogP contribution in [0.3, 0.4) is 0 Å². The highest BCUT2D eigenvalue weighted by Gasteiger charge is 2.24. The van der Waals surface area contributed by atoms with Crippen LogP contribution in [0.1, 0.15) is 75.7 Å². The van der Waals surface area contributed by atoms with Gasteiger partial charge in [-0.3, -0.25) is 0 Å². The zero-order chi connectivity index (χ0) is 18.9. The van der Waals surface area contributed by atoms with E-state index in [4.69, 9.17) is 5.26 Å². The summed E-state index contributed by atoms with van der Waals surface area (Å²) < 4.78 is 13.1. The van der Waals surface area contributed by atoms with Gasteiger partial charge in [0.05, 0.1) is 6.07 Å². The summed E-state index contributed by atoms with van der Waals surface area (Å²) in [6, 6.07) is 9.19. The lowest BCUT2D eigenvalue weighted by Gasteiger charge is -2.31. The maximum absolute atomic E-state index is 13.1. The third kappa shape index (κ3) is 6.35. The molecule has 0 atom stereocenters. The van der Waals surface area contributed by atoms with E-state index >= 15 is 0 Å². The highest BCUT2D eigenvalue weighted by Crippen LogP contribution is 2.39. The van der Waals surface area contributed by atoms with Gasteiger partial charge in [-0.2, -0.15) is 5.26 Å². The van der Waals surface area contributed by atoms with Crippen molar-refractivity contribution < 1.29 is 4.39 Å². The molecule has 0 unspecified atom stereocenters. The molecular weight excluding hydrogens is 333 g/mol. The summed E-state index contributed by atoms with van der Waals surface area (Å²) in [4.78, 5) is 0. The smallest absolute Gasteiger partial charge is 0.123 e. The summed E-state index contributed by atoms with van der Waals surface area (Å²) in [5.74, 6) is 3.03. The van der Waals surface area contributed by atoms with Gasteiger partial charge in [-0.05, 0) is 92.7 Å². The Kier molecular flexibility index (Phi) is 7.69. The van der Waals surface area contributed by atoms with E-state index in [1.165, 1.54) is 75.8 Å². The predicted molar refractivity (Wildman–Crippen MR) is 110 cm³/mol. The van der Waals surface area contributed by atoms with E-state index in [1.54, 1.807) is 12.1 Å². The minimum absolute atomic E-state index is 0.128. The average molecular weight is 366 g/mol. The van der Waals surface area contributed by atoms with Crippen LogP contribution in [0.25, 0.3) is 0 Å². The molecule has 2 aliphatic rings. The maximum Gasteiger partial charge on any atom is 0.123 e. The van der Waals surface area contributed by atoms with Gasteiger partial charge < -0.3 is 0 Å². The summed E-state index contributed by atoms with van der Waals surface area (Å²) in [6.07, 6.45) is 21.0. The SMILES string of the molecule is N#CC=CC=C[C@H]1CC[C@H](CC[C@H]2CC[C@H](c3ccc(F)cc3)CC2)CC1. The van der Waals surface area contributed by atoms with E-state index in [9.17, 15) is 4.39 Å². The molecule has 2 aliphatic carbocycles. The van der Waals surface area contributed by atoms with Gasteiger partial charge in [0, 0.05) is 6.08 Å². The number of nitriles is 1. The Morgan fingerprint density at radius 3 is 2.04 bits per heavy atom. The number of hydrogen-bond donors (Lipinski definition) is 0. The van der Waals surface area contributed by atoms with Crippen molar-refractivity contribution >= 4 is 0 Å². The van der Waals surface area contributed by atoms with Crippen molar-refractivity contribution in [1.29, 1.82) is 5.26 Å². The third-order valence-electron chi connectivity index (χ3n) is 6.73. The van der Waals surface area contributed by atoms with E-state index in [0.29, 0.717) is 11.8 Å². The van der Waals surface area contributed by atoms with Gasteiger partial charge in [0.2, 0.25) is 0 Å². The van der Waals surface area contributed by atoms with Gasteiger partial charge in [0.1, 0.15) is 5.82 Å². The predicted octanol–water partition coefficient (Wildman–Crippen LogP) is 7.32. The van der Waals surface area contributed by atoms with Crippen LogP contribution in [0.4, 0.5) is 4.39 Å². The largest absolute Gasteiger partial charge is 0.207 e. The van der Waals surface area contributed by atoms with Crippen molar-refractivity contribution in [3.05, 3.63) is 60.0 Å². The van der Waals surface area contributed by atoms with Crippen molar-refractivity contribution in [1.82, 2.24) is 0 Å². The van der Waals surface area contributed by atoms with Crippen LogP contribution < -0.4 is 0 Å². The lowest BCUT2D eigenvalue weighted by molar-refractivity contribution is 0.246. The van der Waals surface area contributed by atoms with Crippen LogP contribution in [0.5, 0.6) is 0 Å². The van der Waals surface area contributed by atoms with E-state index in [0.717, 1.165) is 11.8 Å². The van der Waals surface area contributed by atoms with Crippen molar-refractivity contribution in [2.24, 2.45) is 17.8 Å². The zero-order valence-corrected chi connectivity index (χ0v) is 16.3. The molecule has 0 saturated heterocycles. The van der Waals surface area contributed by atoms with Crippen LogP contribution in [0, 0.1) is 34.9 Å². The van der Waals surface area contributed by atoms with Gasteiger partial charge >= 0.3 is 0 Å². The monoisotopic (exact) mass is 365 g/mol. The van der Waals surface area contributed by atoms with Crippen molar-refractivity contribution in [3.8, 4) is 6.07 Å². The first-order valence-corrected chi connectivity index (χ1v) is 10.7. The van der Waals surface area contributed by atoms with Gasteiger partial charge in [-0.25, -0.2) is 4.39 Å². The first-order valence-electron chi connectivity index (χ1n) is 10.7. The number of allylic oxidation sites excluding steroid dienone is 4. The van der Waals surface area contributed by atoms with Crippen LogP contribution in [-0.4, -0.2) is 0 Å². The molecule has 0 heterocycles. The van der Waals surface area contributed by atoms with Crippen molar-refractivity contribution in [2.75, 3.05) is 0 Å². The fourth-order valence-electron chi connectivity index (χ4n) is 4.98. The second-order valence-corrected chi connectivity index (χ2v) is 8.50. The molecule has 2 fully saturated rings. The summed E-state index contributed by atoms with van der Waals surface area (Å²) >= 11 is 0. The molecule has 2 heteroatoms. The van der Waals surface area contributed by atoms with Crippen LogP contribution >= 0.6 is 0 Å². The average Bonchev–Trinajstić information content (AvgIpc) is 2.72. The van der Waals surface area contributed by atoms with E-state index < -0.39 is 0 Å². The number of benzene rings is 1. The third-order valence-corrected chi connectivity index (χ3v) is 6.73. The van der Waals surface area contributed by atoms with E-state index in [-0.39, 0.29) is 5.82 Å². The molecule has 0 N–H and O–H groups in total. The van der Waals surface area contributed by atoms with Gasteiger partial charge in [0.15, 0.2) is 0 Å². The molecule has 144 valence electrons. The molecule has 3 rings (SSSR count). The number of nitrogens with zero attached hydrogens (tertiary/aromatic N) is 1. The molecule has 0 spiro atoms. The quantitative estimate of drug-likeness (QED) is 0.382. The first kappa shape index (κ1) is 19.9. The highest BCUT2D eigenvalue weighted by atomic mass is 19.1. The fourth-order valence-corrected chi connectivity index (χ4v) is 4.98. The Labute approximate surface area is 164 Å². The second-order valence-electron chi connectivity index (χ2n) is 8.50. The number of rotatable bonds is 6. The lowest BCUT2D eigenvalue weighted by Crippen LogP contribution is -2.17. The molecule has 1 aromatic rings. The summed E-state index contributed by atoms with van der Waals surface area (Å²) in [5, 5.41) is 8.50. The molecular formula is C25H32FN. The summed E-state index contributed by atoms with van der Waals surface area (Å²) in [5.41, 5.74) is 1.32. The molecule has 27 heavy (non-hydrogen) atoms. The van der Waals surface area contributed by atoms with E-state index in [2.05, 4.69) is 6.08 Å². The highest BCUT2D eigenvalue weighted by molar-refractivity contribution is 5.20. The molecule has 0 aromatic heterocycles. The fraction of sp³-hybridized carbons (Fsp3) is 0.560. The standard InChI is InChI=1S/C25H32FN/c26-25-17-15-24(16-18-25)23-13-11-22(12-14-23)10-9-21-7-5-20(6-8-21)4-2-1-3-19-27/h1-4,15-18,20-23H,5-14H2/t20-,21-,22-,23-. The molecule has 2 saturated carbocycles. The molecule has 0 amide bonds. The Hall–Kier alpha value is -1.88. The van der Waals surface area contributed by atoms with Crippen LogP contribution in [0.15, 0.2) is 48.6 Å². The maximum atomic E-state index is 13.1. The number of halogens is 1. The molecule has 0 radical (unpaired) electrons. The van der Waals surface area contributed by atoms with Crippen LogP contribution in [0.2, 0.25) is 0 Å². The minimum Gasteiger partial charge on any atom is -0.207 e. The minimum atomic E-state index is -0.128. The Balaban J connectivity index is 1.33. The lowest BCUT2D eigenvalue weighted by atomic mass is 9.74. The van der Waals surface area contributed by atoms with Crippen molar-refractivity contribution in [3.63, 3.8) is 0 Å². The van der Waals surface area contributed by atoms with E-state index in [1.807, 2.05) is 30.4 Å². The van der Waals surface area contributed by atoms with Crippen LogP contribution in [-0.2, 0) is 0 Å². The topological polar surface area (TPSA) is 23.8 Å². The second kappa shape index (κ2) is 10.5. The Bertz CT molecular complexity index is 651. The molecule has 0 aliphatic heterocycles. The molecule has 1 nitrogen and oxygen atoms in total. The molecule has 0 bridgehead atoms. The Morgan fingerprint density at radius 1 is 0.852 bits per heavy atom. The van der Waals surface area contributed by atoms with Crippen molar-refractivity contribution in [2.45, 2.75) is 70.1 Å². The van der Waals surface area contributed by atoms with Gasteiger partial charge in [0.25, 0.3) is 0 Å². The summed E-state index contributed by atoms with van der Waals surface area (Å²) in [6.45, 7) is 0. The molecule has 1 aromatic carbocycles. The normalized spacial score (nSPS) is 29.2.